The molecule has 3 aromatic rings. The Morgan fingerprint density at radius 2 is 1.84 bits per heavy atom. The summed E-state index contributed by atoms with van der Waals surface area (Å²) in [5, 5.41) is 3.23. The van der Waals surface area contributed by atoms with Crippen molar-refractivity contribution in [1.82, 2.24) is 14.3 Å². The fourth-order valence-electron chi connectivity index (χ4n) is 5.33. The quantitative estimate of drug-likeness (QED) is 0.354. The van der Waals surface area contributed by atoms with Gasteiger partial charge < -0.3 is 14.6 Å². The molecule has 13 heteroatoms. The van der Waals surface area contributed by atoms with E-state index in [1.165, 1.54) is 30.3 Å². The Labute approximate surface area is 223 Å². The summed E-state index contributed by atoms with van der Waals surface area (Å²) in [6.45, 7) is 6.57. The van der Waals surface area contributed by atoms with Crippen molar-refractivity contribution in [3.05, 3.63) is 47.0 Å². The van der Waals surface area contributed by atoms with E-state index in [2.05, 4.69) is 35.8 Å². The zero-order valence-electron chi connectivity index (χ0n) is 21.2. The lowest BCUT2D eigenvalue weighted by atomic mass is 9.70. The zero-order valence-corrected chi connectivity index (χ0v) is 22.8. The van der Waals surface area contributed by atoms with Crippen LogP contribution in [0.1, 0.15) is 56.4 Å². The van der Waals surface area contributed by atoms with E-state index in [4.69, 9.17) is 11.6 Å². The number of nitrogens with zero attached hydrogens (tertiary/aromatic N) is 2. The predicted molar refractivity (Wildman–Crippen MR) is 139 cm³/mol. The number of ether oxygens (including phenoxy) is 1. The third-order valence-corrected chi connectivity index (χ3v) is 7.24. The number of fused-ring (bicyclic) bond motifs is 1. The molecular weight excluding hydrogens is 545 g/mol. The first kappa shape index (κ1) is 28.0. The van der Waals surface area contributed by atoms with Crippen LogP contribution in [0.4, 0.5) is 24.8 Å². The van der Waals surface area contributed by atoms with E-state index in [-0.39, 0.29) is 27.8 Å². The third-order valence-electron chi connectivity index (χ3n) is 6.37. The molecule has 38 heavy (non-hydrogen) atoms. The SMILES string of the molecule is C[C@H]1C[C@H](n2c(Nc3ccc(OC(F)(F)F)cc3)nc3cc(C(=O)NS(C)(=O)=O)c(Cl)cc32)CC(C)(C)C1. The standard InChI is InChI=1S/C25H28ClF3N4O4S/c1-14-9-16(13-24(2,3)12-14)33-21-11-19(26)18(22(34)32-38(4,35)36)10-20(21)31-23(33)30-15-5-7-17(8-6-15)37-25(27,28)29/h5-8,10-11,14,16H,9,12-13H2,1-4H3,(H,30,31)(H,32,34)/t14-,16-/m0/s1. The normalized spacial score (nSPS) is 19.8. The van der Waals surface area contributed by atoms with Crippen LogP contribution < -0.4 is 14.8 Å². The van der Waals surface area contributed by atoms with Gasteiger partial charge in [0.05, 0.1) is 27.9 Å². The maximum absolute atomic E-state index is 12.6. The number of amides is 1. The number of rotatable bonds is 6. The molecule has 0 bridgehead atoms. The summed E-state index contributed by atoms with van der Waals surface area (Å²) in [6.07, 6.45) is -1.19. The smallest absolute Gasteiger partial charge is 0.406 e. The molecule has 2 aromatic carbocycles. The van der Waals surface area contributed by atoms with Gasteiger partial charge in [-0.25, -0.2) is 18.1 Å². The first-order chi connectivity index (χ1) is 17.5. The minimum Gasteiger partial charge on any atom is -0.406 e. The fraction of sp³-hybridized carbons (Fsp3) is 0.440. The second kappa shape index (κ2) is 9.96. The molecular formula is C25H28ClF3N4O4S. The molecule has 8 nitrogen and oxygen atoms in total. The summed E-state index contributed by atoms with van der Waals surface area (Å²) in [7, 11) is -3.81. The van der Waals surface area contributed by atoms with E-state index in [1.54, 1.807) is 6.07 Å². The summed E-state index contributed by atoms with van der Waals surface area (Å²) < 4.78 is 68.7. The Bertz CT molecular complexity index is 1470. The lowest BCUT2D eigenvalue weighted by Crippen LogP contribution is -2.30. The second-order valence-corrected chi connectivity index (χ2v) is 12.7. The first-order valence-corrected chi connectivity index (χ1v) is 14.1. The van der Waals surface area contributed by atoms with Crippen LogP contribution in [0.25, 0.3) is 11.0 Å². The monoisotopic (exact) mass is 572 g/mol. The van der Waals surface area contributed by atoms with E-state index in [0.29, 0.717) is 28.6 Å². The molecule has 0 unspecified atom stereocenters. The highest BCUT2D eigenvalue weighted by Gasteiger charge is 2.35. The van der Waals surface area contributed by atoms with Gasteiger partial charge in [0.15, 0.2) is 0 Å². The van der Waals surface area contributed by atoms with Gasteiger partial charge in [-0.05, 0) is 67.0 Å². The summed E-state index contributed by atoms with van der Waals surface area (Å²) in [5.74, 6) is -0.400. The van der Waals surface area contributed by atoms with Crippen LogP contribution in [0.3, 0.4) is 0 Å². The number of hydrogen-bond donors (Lipinski definition) is 2. The molecule has 206 valence electrons. The number of hydrogen-bond acceptors (Lipinski definition) is 6. The number of aromatic nitrogens is 2. The van der Waals surface area contributed by atoms with E-state index >= 15 is 0 Å². The van der Waals surface area contributed by atoms with Gasteiger partial charge in [-0.2, -0.15) is 0 Å². The summed E-state index contributed by atoms with van der Waals surface area (Å²) in [4.78, 5) is 17.2. The zero-order chi connectivity index (χ0) is 28.0. The van der Waals surface area contributed by atoms with Crippen molar-refractivity contribution in [2.75, 3.05) is 11.6 Å². The van der Waals surface area contributed by atoms with Gasteiger partial charge in [-0.1, -0.05) is 32.4 Å². The third kappa shape index (κ3) is 6.71. The Balaban J connectivity index is 1.78. The number of carbonyl (C=O) groups excluding carboxylic acids is 1. The van der Waals surface area contributed by atoms with Crippen LogP contribution in [0.15, 0.2) is 36.4 Å². The minimum absolute atomic E-state index is 0.0147. The van der Waals surface area contributed by atoms with E-state index < -0.39 is 22.3 Å². The van der Waals surface area contributed by atoms with E-state index in [1.807, 2.05) is 9.29 Å². The van der Waals surface area contributed by atoms with Crippen LogP contribution >= 0.6 is 11.6 Å². The van der Waals surface area contributed by atoms with Crippen molar-refractivity contribution >= 4 is 50.2 Å². The molecule has 1 saturated carbocycles. The maximum atomic E-state index is 12.6. The molecule has 2 atom stereocenters. The Morgan fingerprint density at radius 3 is 2.42 bits per heavy atom. The van der Waals surface area contributed by atoms with Crippen molar-refractivity contribution in [2.24, 2.45) is 11.3 Å². The van der Waals surface area contributed by atoms with Crippen molar-refractivity contribution in [2.45, 2.75) is 52.4 Å². The molecule has 0 aliphatic heterocycles. The number of anilines is 2. The molecule has 1 aromatic heterocycles. The van der Waals surface area contributed by atoms with Crippen molar-refractivity contribution < 1.29 is 31.1 Å². The van der Waals surface area contributed by atoms with Gasteiger partial charge in [0, 0.05) is 11.7 Å². The molecule has 1 aliphatic rings. The Hall–Kier alpha value is -2.99. The molecule has 1 heterocycles. The van der Waals surface area contributed by atoms with Gasteiger partial charge in [0.1, 0.15) is 5.75 Å². The van der Waals surface area contributed by atoms with Gasteiger partial charge in [0.25, 0.3) is 5.91 Å². The summed E-state index contributed by atoms with van der Waals surface area (Å²) in [6, 6.07) is 8.29. The van der Waals surface area contributed by atoms with Gasteiger partial charge in [-0.15, -0.1) is 13.2 Å². The number of benzene rings is 2. The Morgan fingerprint density at radius 1 is 1.18 bits per heavy atom. The number of imidazole rings is 1. The van der Waals surface area contributed by atoms with E-state index in [9.17, 15) is 26.4 Å². The number of halogens is 4. The van der Waals surface area contributed by atoms with Crippen molar-refractivity contribution in [3.63, 3.8) is 0 Å². The van der Waals surface area contributed by atoms with Crippen LogP contribution in [0, 0.1) is 11.3 Å². The molecule has 1 amide bonds. The molecule has 0 radical (unpaired) electrons. The first-order valence-electron chi connectivity index (χ1n) is 11.9. The van der Waals surface area contributed by atoms with Crippen LogP contribution in [-0.4, -0.2) is 36.5 Å². The summed E-state index contributed by atoms with van der Waals surface area (Å²) >= 11 is 6.44. The largest absolute Gasteiger partial charge is 0.573 e. The molecule has 1 fully saturated rings. The average Bonchev–Trinajstić information content (AvgIpc) is 3.07. The van der Waals surface area contributed by atoms with E-state index in [0.717, 1.165) is 25.5 Å². The molecule has 4 rings (SSSR count). The Kier molecular flexibility index (Phi) is 7.34. The van der Waals surface area contributed by atoms with Gasteiger partial charge in [-0.3, -0.25) is 4.79 Å². The van der Waals surface area contributed by atoms with Crippen LogP contribution in [0.5, 0.6) is 5.75 Å². The maximum Gasteiger partial charge on any atom is 0.573 e. The average molecular weight is 573 g/mol. The highest BCUT2D eigenvalue weighted by molar-refractivity contribution is 7.89. The lowest BCUT2D eigenvalue weighted by molar-refractivity contribution is -0.274. The number of nitrogens with one attached hydrogen (secondary N) is 2. The lowest BCUT2D eigenvalue weighted by Gasteiger charge is -2.40. The van der Waals surface area contributed by atoms with Gasteiger partial charge in [0.2, 0.25) is 16.0 Å². The highest BCUT2D eigenvalue weighted by atomic mass is 35.5. The van der Waals surface area contributed by atoms with Crippen LogP contribution in [-0.2, 0) is 10.0 Å². The van der Waals surface area contributed by atoms with Crippen molar-refractivity contribution in [3.8, 4) is 5.75 Å². The second-order valence-electron chi connectivity index (χ2n) is 10.6. The predicted octanol–water partition coefficient (Wildman–Crippen LogP) is 6.41. The number of sulfonamides is 1. The topological polar surface area (TPSA) is 102 Å². The number of carbonyl (C=O) groups is 1. The molecule has 2 N–H and O–H groups in total. The summed E-state index contributed by atoms with van der Waals surface area (Å²) in [5.41, 5.74) is 1.52. The van der Waals surface area contributed by atoms with Crippen LogP contribution in [0.2, 0.25) is 5.02 Å². The minimum atomic E-state index is -4.80. The highest BCUT2D eigenvalue weighted by Crippen LogP contribution is 2.46. The van der Waals surface area contributed by atoms with Crippen molar-refractivity contribution in [1.29, 1.82) is 0 Å². The molecule has 1 aliphatic carbocycles. The molecule has 0 saturated heterocycles. The number of alkyl halides is 3. The van der Waals surface area contributed by atoms with Gasteiger partial charge >= 0.3 is 6.36 Å². The fourth-order valence-corrected chi connectivity index (χ4v) is 6.02. The molecule has 0 spiro atoms.